The molecule has 3 rings (SSSR count). The van der Waals surface area contributed by atoms with Crippen molar-refractivity contribution in [2.45, 2.75) is 6.92 Å². The summed E-state index contributed by atoms with van der Waals surface area (Å²) in [5.74, 6) is -0.154. The summed E-state index contributed by atoms with van der Waals surface area (Å²) in [5.41, 5.74) is 3.35. The Hall–Kier alpha value is -3.28. The van der Waals surface area contributed by atoms with E-state index in [4.69, 9.17) is 0 Å². The second-order valence-electron chi connectivity index (χ2n) is 5.18. The molecule has 1 aromatic carbocycles. The van der Waals surface area contributed by atoms with Gasteiger partial charge in [0.05, 0.1) is 5.69 Å². The maximum absolute atomic E-state index is 12.8. The van der Waals surface area contributed by atoms with E-state index in [0.717, 1.165) is 22.4 Å². The topological polar surface area (TPSA) is 70.7 Å². The summed E-state index contributed by atoms with van der Waals surface area (Å²) < 4.78 is 12.8. The van der Waals surface area contributed by atoms with E-state index in [9.17, 15) is 9.18 Å². The van der Waals surface area contributed by atoms with Gasteiger partial charge in [-0.25, -0.2) is 4.39 Å². The zero-order chi connectivity index (χ0) is 16.9. The number of nitrogens with zero attached hydrogens (tertiary/aromatic N) is 2. The number of aromatic nitrogens is 3. The molecule has 0 spiro atoms. The first kappa shape index (κ1) is 15.6. The molecular formula is C18H15FN4O. The van der Waals surface area contributed by atoms with Gasteiger partial charge in [0, 0.05) is 29.6 Å². The van der Waals surface area contributed by atoms with Gasteiger partial charge < -0.3 is 5.32 Å². The van der Waals surface area contributed by atoms with Crippen molar-refractivity contribution in [2.24, 2.45) is 0 Å². The minimum Gasteiger partial charge on any atom is -0.305 e. The van der Waals surface area contributed by atoms with E-state index in [-0.39, 0.29) is 11.7 Å². The van der Waals surface area contributed by atoms with Gasteiger partial charge in [-0.2, -0.15) is 5.10 Å². The molecule has 0 atom stereocenters. The minimum atomic E-state index is -0.313. The molecule has 0 aliphatic heterocycles. The summed E-state index contributed by atoms with van der Waals surface area (Å²) >= 11 is 0. The van der Waals surface area contributed by atoms with Crippen molar-refractivity contribution in [1.29, 1.82) is 0 Å². The average Bonchev–Trinajstić information content (AvgIpc) is 2.96. The van der Waals surface area contributed by atoms with E-state index in [1.807, 2.05) is 19.1 Å². The lowest BCUT2D eigenvalue weighted by Crippen LogP contribution is -2.09. The van der Waals surface area contributed by atoms with Crippen molar-refractivity contribution in [1.82, 2.24) is 15.2 Å². The van der Waals surface area contributed by atoms with Crippen molar-refractivity contribution in [3.8, 4) is 11.3 Å². The van der Waals surface area contributed by atoms with Crippen LogP contribution >= 0.6 is 0 Å². The first-order chi connectivity index (χ1) is 11.6. The van der Waals surface area contributed by atoms with Gasteiger partial charge >= 0.3 is 0 Å². The third kappa shape index (κ3) is 3.55. The van der Waals surface area contributed by atoms with Gasteiger partial charge in [0.1, 0.15) is 5.82 Å². The number of aromatic amines is 1. The Morgan fingerprint density at radius 3 is 2.58 bits per heavy atom. The van der Waals surface area contributed by atoms with E-state index < -0.39 is 0 Å². The number of amides is 1. The van der Waals surface area contributed by atoms with E-state index in [1.165, 1.54) is 18.2 Å². The highest BCUT2D eigenvalue weighted by Gasteiger charge is 2.11. The zero-order valence-corrected chi connectivity index (χ0v) is 13.0. The zero-order valence-electron chi connectivity index (χ0n) is 13.0. The molecule has 0 bridgehead atoms. The third-order valence-corrected chi connectivity index (χ3v) is 3.52. The Morgan fingerprint density at radius 1 is 1.17 bits per heavy atom. The van der Waals surface area contributed by atoms with E-state index >= 15 is 0 Å². The number of hydrogen-bond acceptors (Lipinski definition) is 3. The summed E-state index contributed by atoms with van der Waals surface area (Å²) in [6.07, 6.45) is 6.38. The van der Waals surface area contributed by atoms with Crippen molar-refractivity contribution in [2.75, 3.05) is 5.32 Å². The van der Waals surface area contributed by atoms with Crippen molar-refractivity contribution >= 4 is 17.8 Å². The molecule has 2 aromatic heterocycles. The lowest BCUT2D eigenvalue weighted by Gasteiger charge is -2.01. The lowest BCUT2D eigenvalue weighted by atomic mass is 10.1. The van der Waals surface area contributed by atoms with E-state index in [0.29, 0.717) is 5.82 Å². The number of rotatable bonds is 4. The van der Waals surface area contributed by atoms with Crippen LogP contribution in [-0.2, 0) is 4.79 Å². The molecule has 2 heterocycles. The van der Waals surface area contributed by atoms with Gasteiger partial charge in [0.15, 0.2) is 5.82 Å². The van der Waals surface area contributed by atoms with Crippen molar-refractivity contribution in [3.05, 3.63) is 71.8 Å². The maximum Gasteiger partial charge on any atom is 0.249 e. The van der Waals surface area contributed by atoms with Crippen LogP contribution in [0.15, 0.2) is 54.9 Å². The highest BCUT2D eigenvalue weighted by Crippen LogP contribution is 2.25. The number of H-pyrrole nitrogens is 1. The second kappa shape index (κ2) is 6.87. The molecule has 24 heavy (non-hydrogen) atoms. The van der Waals surface area contributed by atoms with Crippen LogP contribution in [0.3, 0.4) is 0 Å². The molecule has 5 nitrogen and oxygen atoms in total. The summed E-state index contributed by atoms with van der Waals surface area (Å²) in [6.45, 7) is 1.87. The predicted molar refractivity (Wildman–Crippen MR) is 90.6 cm³/mol. The molecule has 0 saturated carbocycles. The van der Waals surface area contributed by atoms with Crippen LogP contribution in [0.2, 0.25) is 0 Å². The summed E-state index contributed by atoms with van der Waals surface area (Å²) in [4.78, 5) is 16.0. The van der Waals surface area contributed by atoms with E-state index in [1.54, 1.807) is 30.6 Å². The molecule has 0 radical (unpaired) electrons. The van der Waals surface area contributed by atoms with E-state index in [2.05, 4.69) is 20.5 Å². The standard InChI is InChI=1S/C18H15FN4O/c1-12-17(14-8-10-20-11-9-14)22-23-18(12)21-16(24)7-4-13-2-5-15(19)6-3-13/h2-11H,1H3,(H2,21,22,23,24)/b7-4+. The summed E-state index contributed by atoms with van der Waals surface area (Å²) in [5, 5.41) is 9.78. The molecule has 0 saturated heterocycles. The van der Waals surface area contributed by atoms with Crippen LogP contribution in [0.5, 0.6) is 0 Å². The SMILES string of the molecule is Cc1c(NC(=O)/C=C/c2ccc(F)cc2)n[nH]c1-c1ccncc1. The van der Waals surface area contributed by atoms with Crippen LogP contribution in [0.1, 0.15) is 11.1 Å². The Kier molecular flexibility index (Phi) is 4.47. The predicted octanol–water partition coefficient (Wildman–Crippen LogP) is 3.57. The quantitative estimate of drug-likeness (QED) is 0.721. The second-order valence-corrected chi connectivity index (χ2v) is 5.18. The van der Waals surface area contributed by atoms with Crippen LogP contribution in [-0.4, -0.2) is 21.1 Å². The third-order valence-electron chi connectivity index (χ3n) is 3.52. The minimum absolute atomic E-state index is 0.310. The molecule has 0 fully saturated rings. The average molecular weight is 322 g/mol. The number of carbonyl (C=O) groups is 1. The van der Waals surface area contributed by atoms with Crippen LogP contribution in [0.4, 0.5) is 10.2 Å². The van der Waals surface area contributed by atoms with Crippen molar-refractivity contribution in [3.63, 3.8) is 0 Å². The van der Waals surface area contributed by atoms with Gasteiger partial charge in [-0.3, -0.25) is 14.9 Å². The number of halogens is 1. The van der Waals surface area contributed by atoms with Crippen LogP contribution in [0.25, 0.3) is 17.3 Å². The monoisotopic (exact) mass is 322 g/mol. The number of nitrogens with one attached hydrogen (secondary N) is 2. The molecule has 0 aliphatic rings. The Bertz CT molecular complexity index is 870. The largest absolute Gasteiger partial charge is 0.305 e. The molecule has 120 valence electrons. The number of benzene rings is 1. The number of anilines is 1. The molecular weight excluding hydrogens is 307 g/mol. The Balaban J connectivity index is 1.71. The van der Waals surface area contributed by atoms with Crippen LogP contribution in [0, 0.1) is 12.7 Å². The van der Waals surface area contributed by atoms with Crippen LogP contribution < -0.4 is 5.32 Å². The van der Waals surface area contributed by atoms with Gasteiger partial charge in [-0.15, -0.1) is 0 Å². The highest BCUT2D eigenvalue weighted by molar-refractivity contribution is 6.02. The molecule has 1 amide bonds. The van der Waals surface area contributed by atoms with Crippen molar-refractivity contribution < 1.29 is 9.18 Å². The van der Waals surface area contributed by atoms with Gasteiger partial charge in [-0.1, -0.05) is 12.1 Å². The Labute approximate surface area is 138 Å². The first-order valence-corrected chi connectivity index (χ1v) is 7.33. The molecule has 0 unspecified atom stereocenters. The molecule has 6 heteroatoms. The lowest BCUT2D eigenvalue weighted by molar-refractivity contribution is -0.111. The maximum atomic E-state index is 12.8. The number of carbonyl (C=O) groups excluding carboxylic acids is 1. The normalized spacial score (nSPS) is 10.9. The smallest absolute Gasteiger partial charge is 0.249 e. The highest BCUT2D eigenvalue weighted by atomic mass is 19.1. The number of pyridine rings is 1. The summed E-state index contributed by atoms with van der Waals surface area (Å²) in [7, 11) is 0. The fraction of sp³-hybridized carbons (Fsp3) is 0.0556. The number of hydrogen-bond donors (Lipinski definition) is 2. The molecule has 3 aromatic rings. The van der Waals surface area contributed by atoms with Gasteiger partial charge in [-0.05, 0) is 42.8 Å². The first-order valence-electron chi connectivity index (χ1n) is 7.33. The fourth-order valence-corrected chi connectivity index (χ4v) is 2.22. The Morgan fingerprint density at radius 2 is 1.88 bits per heavy atom. The van der Waals surface area contributed by atoms with Gasteiger partial charge in [0.2, 0.25) is 5.91 Å². The fourth-order valence-electron chi connectivity index (χ4n) is 2.22. The summed E-state index contributed by atoms with van der Waals surface area (Å²) in [6, 6.07) is 9.61. The molecule has 2 N–H and O–H groups in total. The van der Waals surface area contributed by atoms with Gasteiger partial charge in [0.25, 0.3) is 0 Å². The molecule has 0 aliphatic carbocycles.